The molecular weight excluding hydrogens is 258 g/mol. The second kappa shape index (κ2) is 5.42. The average Bonchev–Trinajstić information content (AvgIpc) is 2.89. The van der Waals surface area contributed by atoms with Crippen molar-refractivity contribution in [1.29, 1.82) is 0 Å². The van der Waals surface area contributed by atoms with Crippen LogP contribution in [0.2, 0.25) is 0 Å². The normalized spacial score (nSPS) is 16.4. The molecule has 5 heteroatoms. The van der Waals surface area contributed by atoms with Gasteiger partial charge in [0, 0.05) is 0 Å². The summed E-state index contributed by atoms with van der Waals surface area (Å²) >= 11 is 0. The minimum Gasteiger partial charge on any atom is -0.495 e. The molecule has 0 unspecified atom stereocenters. The fourth-order valence-electron chi connectivity index (χ4n) is 2.21. The number of nitrogens with two attached hydrogens (primary N) is 1. The predicted octanol–water partition coefficient (Wildman–Crippen LogP) is 2.14. The number of hydrogen-bond acceptors (Lipinski definition) is 4. The Labute approximate surface area is 119 Å². The van der Waals surface area contributed by atoms with Crippen LogP contribution in [-0.4, -0.2) is 26.2 Å². The lowest BCUT2D eigenvalue weighted by Crippen LogP contribution is -2.19. The van der Waals surface area contributed by atoms with Crippen molar-refractivity contribution in [3.05, 3.63) is 28.8 Å². The van der Waals surface area contributed by atoms with E-state index in [1.165, 1.54) is 7.11 Å². The number of carbonyl (C=O) groups is 1. The smallest absolute Gasteiger partial charge is 0.252 e. The number of primary amides is 1. The Morgan fingerprint density at radius 3 is 2.35 bits per heavy atom. The maximum Gasteiger partial charge on any atom is 0.252 e. The van der Waals surface area contributed by atoms with Crippen LogP contribution in [0.3, 0.4) is 0 Å². The summed E-state index contributed by atoms with van der Waals surface area (Å²) in [4.78, 5) is 11.7. The summed E-state index contributed by atoms with van der Waals surface area (Å²) in [5, 5.41) is 0. The summed E-state index contributed by atoms with van der Waals surface area (Å²) in [5.41, 5.74) is 7.41. The summed E-state index contributed by atoms with van der Waals surface area (Å²) in [6.45, 7) is 7.26. The highest BCUT2D eigenvalue weighted by Gasteiger charge is 2.28. The molecule has 1 amide bonds. The van der Waals surface area contributed by atoms with Gasteiger partial charge in [-0.3, -0.25) is 4.79 Å². The van der Waals surface area contributed by atoms with Crippen LogP contribution < -0.4 is 10.5 Å². The van der Waals surface area contributed by atoms with E-state index >= 15 is 0 Å². The first-order valence-corrected chi connectivity index (χ1v) is 6.60. The third-order valence-electron chi connectivity index (χ3n) is 3.33. The van der Waals surface area contributed by atoms with Crippen molar-refractivity contribution in [2.75, 3.05) is 20.3 Å². The summed E-state index contributed by atoms with van der Waals surface area (Å²) in [7, 11) is 1.51. The minimum absolute atomic E-state index is 0.121. The number of amides is 1. The van der Waals surface area contributed by atoms with Gasteiger partial charge in [0.15, 0.2) is 6.29 Å². The van der Waals surface area contributed by atoms with Crippen molar-refractivity contribution in [1.82, 2.24) is 0 Å². The van der Waals surface area contributed by atoms with Gasteiger partial charge in [-0.05, 0) is 23.1 Å². The van der Waals surface area contributed by atoms with Gasteiger partial charge in [0.1, 0.15) is 5.75 Å². The van der Waals surface area contributed by atoms with E-state index in [4.69, 9.17) is 19.9 Å². The van der Waals surface area contributed by atoms with Crippen LogP contribution in [0.15, 0.2) is 12.1 Å². The third-order valence-corrected chi connectivity index (χ3v) is 3.33. The van der Waals surface area contributed by atoms with Gasteiger partial charge in [0.25, 0.3) is 5.91 Å². The van der Waals surface area contributed by atoms with Crippen LogP contribution in [0, 0.1) is 0 Å². The van der Waals surface area contributed by atoms with E-state index in [1.54, 1.807) is 6.07 Å². The van der Waals surface area contributed by atoms with Crippen LogP contribution in [0.25, 0.3) is 0 Å². The first kappa shape index (κ1) is 14.8. The number of carbonyl (C=O) groups excluding carboxylic acids is 1. The standard InChI is InChI=1S/C15H21NO4/c1-15(2,3)9-7-10(13(16)17)12(18-4)11(8-9)14-19-5-6-20-14/h7-8,14H,5-6H2,1-4H3,(H2,16,17). The molecule has 1 aromatic carbocycles. The molecule has 0 saturated carbocycles. The number of ether oxygens (including phenoxy) is 3. The van der Waals surface area contributed by atoms with E-state index in [0.29, 0.717) is 30.1 Å². The fourth-order valence-corrected chi connectivity index (χ4v) is 2.21. The molecule has 1 saturated heterocycles. The quantitative estimate of drug-likeness (QED) is 0.920. The van der Waals surface area contributed by atoms with Crippen molar-refractivity contribution < 1.29 is 19.0 Å². The topological polar surface area (TPSA) is 70.8 Å². The lowest BCUT2D eigenvalue weighted by atomic mass is 9.84. The van der Waals surface area contributed by atoms with Gasteiger partial charge in [-0.1, -0.05) is 20.8 Å². The van der Waals surface area contributed by atoms with Crippen molar-refractivity contribution in [3.63, 3.8) is 0 Å². The monoisotopic (exact) mass is 279 g/mol. The molecule has 1 heterocycles. The van der Waals surface area contributed by atoms with Crippen LogP contribution in [0.4, 0.5) is 0 Å². The van der Waals surface area contributed by atoms with Gasteiger partial charge in [0.2, 0.25) is 0 Å². The van der Waals surface area contributed by atoms with E-state index in [1.807, 2.05) is 6.07 Å². The van der Waals surface area contributed by atoms with Gasteiger partial charge in [-0.2, -0.15) is 0 Å². The van der Waals surface area contributed by atoms with Crippen molar-refractivity contribution in [2.45, 2.75) is 32.5 Å². The third kappa shape index (κ3) is 2.78. The number of hydrogen-bond donors (Lipinski definition) is 1. The maximum atomic E-state index is 11.7. The van der Waals surface area contributed by atoms with Crippen molar-refractivity contribution >= 4 is 5.91 Å². The molecule has 110 valence electrons. The maximum absolute atomic E-state index is 11.7. The molecule has 1 aliphatic heterocycles. The summed E-state index contributed by atoms with van der Waals surface area (Å²) in [5.74, 6) is -0.0930. The Bertz CT molecular complexity index is 513. The largest absolute Gasteiger partial charge is 0.495 e. The average molecular weight is 279 g/mol. The zero-order valence-corrected chi connectivity index (χ0v) is 12.4. The Morgan fingerprint density at radius 2 is 1.90 bits per heavy atom. The lowest BCUT2D eigenvalue weighted by molar-refractivity contribution is -0.0455. The minimum atomic E-state index is -0.521. The Hall–Kier alpha value is -1.59. The molecule has 1 fully saturated rings. The highest BCUT2D eigenvalue weighted by Crippen LogP contribution is 2.37. The molecular formula is C15H21NO4. The molecule has 0 bridgehead atoms. The summed E-state index contributed by atoms with van der Waals surface area (Å²) in [6, 6.07) is 3.74. The van der Waals surface area contributed by atoms with E-state index in [-0.39, 0.29) is 5.41 Å². The summed E-state index contributed by atoms with van der Waals surface area (Å²) in [6.07, 6.45) is -0.509. The molecule has 0 spiro atoms. The van der Waals surface area contributed by atoms with Crippen LogP contribution in [0.1, 0.15) is 48.5 Å². The van der Waals surface area contributed by atoms with Crippen LogP contribution >= 0.6 is 0 Å². The predicted molar refractivity (Wildman–Crippen MR) is 74.9 cm³/mol. The summed E-state index contributed by atoms with van der Waals surface area (Å²) < 4.78 is 16.4. The Balaban J connectivity index is 2.62. The second-order valence-electron chi connectivity index (χ2n) is 5.83. The van der Waals surface area contributed by atoms with Crippen molar-refractivity contribution in [2.24, 2.45) is 5.73 Å². The fraction of sp³-hybridized carbons (Fsp3) is 0.533. The Kier molecular flexibility index (Phi) is 4.01. The van der Waals surface area contributed by atoms with Gasteiger partial charge in [0.05, 0.1) is 31.5 Å². The zero-order chi connectivity index (χ0) is 14.9. The van der Waals surface area contributed by atoms with Gasteiger partial charge in [-0.15, -0.1) is 0 Å². The van der Waals surface area contributed by atoms with Crippen LogP contribution in [-0.2, 0) is 14.9 Å². The van der Waals surface area contributed by atoms with Crippen molar-refractivity contribution in [3.8, 4) is 5.75 Å². The Morgan fingerprint density at radius 1 is 1.30 bits per heavy atom. The van der Waals surface area contributed by atoms with E-state index < -0.39 is 12.2 Å². The first-order valence-electron chi connectivity index (χ1n) is 6.60. The molecule has 20 heavy (non-hydrogen) atoms. The van der Waals surface area contributed by atoms with Crippen LogP contribution in [0.5, 0.6) is 5.75 Å². The first-order chi connectivity index (χ1) is 9.34. The highest BCUT2D eigenvalue weighted by molar-refractivity contribution is 5.96. The van der Waals surface area contributed by atoms with Gasteiger partial charge >= 0.3 is 0 Å². The number of benzene rings is 1. The van der Waals surface area contributed by atoms with E-state index in [9.17, 15) is 4.79 Å². The van der Waals surface area contributed by atoms with Gasteiger partial charge < -0.3 is 19.9 Å². The molecule has 2 N–H and O–H groups in total. The number of rotatable bonds is 3. The molecule has 0 atom stereocenters. The number of methoxy groups -OCH3 is 1. The molecule has 5 nitrogen and oxygen atoms in total. The van der Waals surface area contributed by atoms with E-state index in [0.717, 1.165) is 5.56 Å². The molecule has 2 rings (SSSR count). The zero-order valence-electron chi connectivity index (χ0n) is 12.4. The molecule has 1 aliphatic rings. The second-order valence-corrected chi connectivity index (χ2v) is 5.83. The molecule has 0 aliphatic carbocycles. The lowest BCUT2D eigenvalue weighted by Gasteiger charge is -2.24. The molecule has 1 aromatic rings. The highest BCUT2D eigenvalue weighted by atomic mass is 16.7. The van der Waals surface area contributed by atoms with E-state index in [2.05, 4.69) is 20.8 Å². The SMILES string of the molecule is COc1c(C(N)=O)cc(C(C)(C)C)cc1C1OCCO1. The van der Waals surface area contributed by atoms with Gasteiger partial charge in [-0.25, -0.2) is 0 Å². The molecule has 0 radical (unpaired) electrons. The molecule has 0 aromatic heterocycles.